The standard InChI is InChI=1S/C12H24N2O2/c1-2-9-16-10-5-8-14-11(15)12(13)6-3-4-7-12/h2-10,13H2,1H3,(H,14,15). The van der Waals surface area contributed by atoms with Gasteiger partial charge in [0.1, 0.15) is 0 Å². The van der Waals surface area contributed by atoms with E-state index in [0.717, 1.165) is 45.1 Å². The third kappa shape index (κ3) is 4.10. The first-order chi connectivity index (χ1) is 7.69. The molecule has 0 aromatic carbocycles. The van der Waals surface area contributed by atoms with E-state index in [1.54, 1.807) is 0 Å². The maximum atomic E-state index is 11.8. The minimum Gasteiger partial charge on any atom is -0.381 e. The number of nitrogens with one attached hydrogen (secondary N) is 1. The van der Waals surface area contributed by atoms with Gasteiger partial charge in [-0.1, -0.05) is 19.8 Å². The second kappa shape index (κ2) is 6.86. The Hall–Kier alpha value is -0.610. The van der Waals surface area contributed by atoms with Gasteiger partial charge in [-0.2, -0.15) is 0 Å². The van der Waals surface area contributed by atoms with E-state index in [9.17, 15) is 4.79 Å². The molecule has 0 aliphatic heterocycles. The summed E-state index contributed by atoms with van der Waals surface area (Å²) in [7, 11) is 0. The van der Waals surface area contributed by atoms with Crippen molar-refractivity contribution < 1.29 is 9.53 Å². The number of rotatable bonds is 7. The number of carbonyl (C=O) groups excluding carboxylic acids is 1. The van der Waals surface area contributed by atoms with E-state index in [4.69, 9.17) is 10.5 Å². The van der Waals surface area contributed by atoms with E-state index in [-0.39, 0.29) is 5.91 Å². The zero-order valence-corrected chi connectivity index (χ0v) is 10.3. The summed E-state index contributed by atoms with van der Waals surface area (Å²) in [4.78, 5) is 11.8. The molecule has 16 heavy (non-hydrogen) atoms. The van der Waals surface area contributed by atoms with Gasteiger partial charge in [0, 0.05) is 19.8 Å². The molecule has 0 heterocycles. The summed E-state index contributed by atoms with van der Waals surface area (Å²) < 4.78 is 5.33. The van der Waals surface area contributed by atoms with Crippen LogP contribution in [0.15, 0.2) is 0 Å². The van der Waals surface area contributed by atoms with Crippen LogP contribution < -0.4 is 11.1 Å². The second-order valence-electron chi connectivity index (χ2n) is 4.59. The molecule has 1 aliphatic rings. The molecule has 0 saturated heterocycles. The molecule has 0 bridgehead atoms. The molecule has 1 aliphatic carbocycles. The van der Waals surface area contributed by atoms with Gasteiger partial charge in [0.15, 0.2) is 0 Å². The van der Waals surface area contributed by atoms with Crippen molar-refractivity contribution in [3.05, 3.63) is 0 Å². The Kier molecular flexibility index (Phi) is 5.77. The zero-order valence-electron chi connectivity index (χ0n) is 10.3. The first-order valence-electron chi connectivity index (χ1n) is 6.34. The van der Waals surface area contributed by atoms with Crippen LogP contribution in [-0.2, 0) is 9.53 Å². The number of amides is 1. The predicted molar refractivity (Wildman–Crippen MR) is 64.1 cm³/mol. The van der Waals surface area contributed by atoms with E-state index >= 15 is 0 Å². The SMILES string of the molecule is CCCOCCCNC(=O)C1(N)CCCC1. The van der Waals surface area contributed by atoms with Crippen molar-refractivity contribution in [2.75, 3.05) is 19.8 Å². The highest BCUT2D eigenvalue weighted by atomic mass is 16.5. The normalized spacial score (nSPS) is 18.6. The molecule has 0 atom stereocenters. The van der Waals surface area contributed by atoms with E-state index in [0.29, 0.717) is 13.2 Å². The quantitative estimate of drug-likeness (QED) is 0.643. The van der Waals surface area contributed by atoms with Crippen molar-refractivity contribution in [1.82, 2.24) is 5.32 Å². The number of carbonyl (C=O) groups is 1. The Morgan fingerprint density at radius 2 is 2.06 bits per heavy atom. The molecular weight excluding hydrogens is 204 g/mol. The fraction of sp³-hybridized carbons (Fsp3) is 0.917. The Labute approximate surface area is 97.9 Å². The van der Waals surface area contributed by atoms with Gasteiger partial charge in [-0.05, 0) is 25.7 Å². The highest BCUT2D eigenvalue weighted by Crippen LogP contribution is 2.27. The number of nitrogens with two attached hydrogens (primary N) is 1. The topological polar surface area (TPSA) is 64.3 Å². The van der Waals surface area contributed by atoms with Gasteiger partial charge >= 0.3 is 0 Å². The van der Waals surface area contributed by atoms with Gasteiger partial charge in [0.2, 0.25) is 5.91 Å². The fourth-order valence-corrected chi connectivity index (χ4v) is 2.03. The number of ether oxygens (including phenoxy) is 1. The maximum Gasteiger partial charge on any atom is 0.240 e. The summed E-state index contributed by atoms with van der Waals surface area (Å²) in [6.07, 6.45) is 5.70. The molecule has 94 valence electrons. The molecule has 4 nitrogen and oxygen atoms in total. The summed E-state index contributed by atoms with van der Waals surface area (Å²) in [5.74, 6) is 0.0143. The molecule has 0 aromatic rings. The smallest absolute Gasteiger partial charge is 0.240 e. The van der Waals surface area contributed by atoms with Crippen molar-refractivity contribution in [3.63, 3.8) is 0 Å². The first kappa shape index (κ1) is 13.5. The lowest BCUT2D eigenvalue weighted by molar-refractivity contribution is -0.126. The molecule has 3 N–H and O–H groups in total. The molecule has 0 unspecified atom stereocenters. The van der Waals surface area contributed by atoms with Crippen molar-refractivity contribution in [2.24, 2.45) is 5.73 Å². The zero-order chi connectivity index (χ0) is 11.9. The van der Waals surface area contributed by atoms with Crippen LogP contribution in [0.2, 0.25) is 0 Å². The lowest BCUT2D eigenvalue weighted by Crippen LogP contribution is -2.52. The number of hydrogen-bond donors (Lipinski definition) is 2. The molecule has 0 radical (unpaired) electrons. The molecule has 1 rings (SSSR count). The van der Waals surface area contributed by atoms with Crippen LogP contribution in [0.25, 0.3) is 0 Å². The van der Waals surface area contributed by atoms with Crippen molar-refractivity contribution in [1.29, 1.82) is 0 Å². The van der Waals surface area contributed by atoms with Crippen LogP contribution in [0.1, 0.15) is 45.4 Å². The first-order valence-corrected chi connectivity index (χ1v) is 6.34. The molecule has 1 fully saturated rings. The van der Waals surface area contributed by atoms with Gasteiger partial charge in [-0.3, -0.25) is 4.79 Å². The average Bonchev–Trinajstić information content (AvgIpc) is 2.71. The predicted octanol–water partition coefficient (Wildman–Crippen LogP) is 1.19. The molecule has 0 spiro atoms. The van der Waals surface area contributed by atoms with Crippen LogP contribution in [-0.4, -0.2) is 31.2 Å². The molecular formula is C12H24N2O2. The van der Waals surface area contributed by atoms with E-state index in [2.05, 4.69) is 12.2 Å². The Morgan fingerprint density at radius 1 is 1.38 bits per heavy atom. The van der Waals surface area contributed by atoms with E-state index in [1.165, 1.54) is 0 Å². The molecule has 0 aromatic heterocycles. The summed E-state index contributed by atoms with van der Waals surface area (Å²) in [5.41, 5.74) is 5.43. The van der Waals surface area contributed by atoms with Crippen molar-refractivity contribution >= 4 is 5.91 Å². The van der Waals surface area contributed by atoms with Gasteiger partial charge in [-0.25, -0.2) is 0 Å². The van der Waals surface area contributed by atoms with Gasteiger partial charge in [0.05, 0.1) is 5.54 Å². The third-order valence-electron chi connectivity index (χ3n) is 3.05. The number of hydrogen-bond acceptors (Lipinski definition) is 3. The van der Waals surface area contributed by atoms with Gasteiger partial charge in [-0.15, -0.1) is 0 Å². The largest absolute Gasteiger partial charge is 0.381 e. The lowest BCUT2D eigenvalue weighted by atomic mass is 9.98. The van der Waals surface area contributed by atoms with Crippen molar-refractivity contribution in [2.45, 2.75) is 51.0 Å². The third-order valence-corrected chi connectivity index (χ3v) is 3.05. The minimum absolute atomic E-state index is 0.0143. The fourth-order valence-electron chi connectivity index (χ4n) is 2.03. The molecule has 4 heteroatoms. The van der Waals surface area contributed by atoms with Crippen LogP contribution >= 0.6 is 0 Å². The second-order valence-corrected chi connectivity index (χ2v) is 4.59. The van der Waals surface area contributed by atoms with Crippen LogP contribution in [0.3, 0.4) is 0 Å². The van der Waals surface area contributed by atoms with Gasteiger partial charge < -0.3 is 15.8 Å². The molecule has 1 amide bonds. The minimum atomic E-state index is -0.593. The van der Waals surface area contributed by atoms with Crippen molar-refractivity contribution in [3.8, 4) is 0 Å². The lowest BCUT2D eigenvalue weighted by Gasteiger charge is -2.22. The maximum absolute atomic E-state index is 11.8. The molecule has 1 saturated carbocycles. The van der Waals surface area contributed by atoms with Crippen LogP contribution in [0.5, 0.6) is 0 Å². The van der Waals surface area contributed by atoms with Gasteiger partial charge in [0.25, 0.3) is 0 Å². The Balaban J connectivity index is 2.06. The average molecular weight is 228 g/mol. The Bertz CT molecular complexity index is 213. The highest BCUT2D eigenvalue weighted by molar-refractivity contribution is 5.86. The summed E-state index contributed by atoms with van der Waals surface area (Å²) in [6, 6.07) is 0. The summed E-state index contributed by atoms with van der Waals surface area (Å²) in [6.45, 7) is 4.27. The monoisotopic (exact) mass is 228 g/mol. The van der Waals surface area contributed by atoms with E-state index in [1.807, 2.05) is 0 Å². The summed E-state index contributed by atoms with van der Waals surface area (Å²) >= 11 is 0. The Morgan fingerprint density at radius 3 is 2.69 bits per heavy atom. The summed E-state index contributed by atoms with van der Waals surface area (Å²) in [5, 5.41) is 2.90. The highest BCUT2D eigenvalue weighted by Gasteiger charge is 2.36. The van der Waals surface area contributed by atoms with Crippen LogP contribution in [0, 0.1) is 0 Å². The van der Waals surface area contributed by atoms with Crippen LogP contribution in [0.4, 0.5) is 0 Å². The van der Waals surface area contributed by atoms with E-state index < -0.39 is 5.54 Å².